The van der Waals surface area contributed by atoms with Gasteiger partial charge in [-0.15, -0.1) is 0 Å². The number of fused-ring (bicyclic) bond motifs is 1. The topological polar surface area (TPSA) is 32.6 Å². The minimum Gasteiger partial charge on any atom is -0.379 e. The third kappa shape index (κ3) is 2.59. The summed E-state index contributed by atoms with van der Waals surface area (Å²) in [5.74, 6) is 0. The van der Waals surface area contributed by atoms with Crippen LogP contribution in [0.3, 0.4) is 0 Å². The van der Waals surface area contributed by atoms with Crippen LogP contribution in [0.25, 0.3) is 5.65 Å². The minimum atomic E-state index is 0.721. The summed E-state index contributed by atoms with van der Waals surface area (Å²) in [6.07, 6.45) is 4.07. The van der Waals surface area contributed by atoms with E-state index in [4.69, 9.17) is 0 Å². The largest absolute Gasteiger partial charge is 0.379 e. The molecule has 0 fully saturated rings. The van der Waals surface area contributed by atoms with E-state index in [0.29, 0.717) is 0 Å². The number of hydrogen-bond acceptors (Lipinski definition) is 3. The Kier molecular flexibility index (Phi) is 3.29. The second-order valence-electron chi connectivity index (χ2n) is 5.00. The molecule has 4 heteroatoms. The number of nitrogens with one attached hydrogen (secondary N) is 1. The van der Waals surface area contributed by atoms with E-state index in [1.807, 2.05) is 42.9 Å². The molecule has 0 spiro atoms. The number of pyridine rings is 1. The molecule has 0 radical (unpaired) electrons. The Morgan fingerprint density at radius 2 is 2.05 bits per heavy atom. The van der Waals surface area contributed by atoms with E-state index in [0.717, 1.165) is 23.6 Å². The highest BCUT2D eigenvalue weighted by Crippen LogP contribution is 2.18. The zero-order valence-corrected chi connectivity index (χ0v) is 11.7. The Balaban J connectivity index is 1.74. The standard InChI is InChI=1S/C16H18N4/c1-19(2)15-7-5-6-13(10-15)17-11-14-12-20-9-4-3-8-16(20)18-14/h3-10,12,17H,11H2,1-2H3. The molecule has 0 saturated heterocycles. The molecule has 0 atom stereocenters. The van der Waals surface area contributed by atoms with Crippen molar-refractivity contribution in [3.8, 4) is 0 Å². The summed E-state index contributed by atoms with van der Waals surface area (Å²) in [4.78, 5) is 6.67. The normalized spacial score (nSPS) is 10.7. The van der Waals surface area contributed by atoms with E-state index in [9.17, 15) is 0 Å². The van der Waals surface area contributed by atoms with Crippen molar-refractivity contribution in [2.75, 3.05) is 24.3 Å². The Labute approximate surface area is 118 Å². The van der Waals surface area contributed by atoms with Gasteiger partial charge >= 0.3 is 0 Å². The highest BCUT2D eigenvalue weighted by Gasteiger charge is 2.01. The number of aromatic nitrogens is 2. The summed E-state index contributed by atoms with van der Waals surface area (Å²) in [5.41, 5.74) is 4.30. The lowest BCUT2D eigenvalue weighted by Crippen LogP contribution is -2.09. The van der Waals surface area contributed by atoms with Gasteiger partial charge in [0.05, 0.1) is 12.2 Å². The molecule has 3 rings (SSSR count). The molecule has 0 bridgehead atoms. The summed E-state index contributed by atoms with van der Waals surface area (Å²) in [7, 11) is 4.09. The van der Waals surface area contributed by atoms with Crippen molar-refractivity contribution in [2.45, 2.75) is 6.54 Å². The van der Waals surface area contributed by atoms with Crippen LogP contribution in [0.15, 0.2) is 54.9 Å². The number of nitrogens with zero attached hydrogens (tertiary/aromatic N) is 3. The van der Waals surface area contributed by atoms with E-state index >= 15 is 0 Å². The first-order valence-electron chi connectivity index (χ1n) is 6.66. The number of benzene rings is 1. The van der Waals surface area contributed by atoms with Gasteiger partial charge in [-0.05, 0) is 30.3 Å². The molecule has 3 aromatic rings. The first-order chi connectivity index (χ1) is 9.72. The van der Waals surface area contributed by atoms with Gasteiger partial charge in [-0.1, -0.05) is 12.1 Å². The van der Waals surface area contributed by atoms with Crippen LogP contribution in [0.4, 0.5) is 11.4 Å². The molecule has 4 nitrogen and oxygen atoms in total. The molecule has 0 aliphatic rings. The Bertz CT molecular complexity index is 682. The number of hydrogen-bond donors (Lipinski definition) is 1. The molecule has 0 amide bonds. The zero-order valence-electron chi connectivity index (χ0n) is 11.7. The molecule has 102 valence electrons. The predicted octanol–water partition coefficient (Wildman–Crippen LogP) is 3.01. The number of imidazole rings is 1. The summed E-state index contributed by atoms with van der Waals surface area (Å²) in [5, 5.41) is 3.41. The third-order valence-corrected chi connectivity index (χ3v) is 3.25. The highest BCUT2D eigenvalue weighted by molar-refractivity contribution is 5.57. The van der Waals surface area contributed by atoms with Crippen LogP contribution in [0.1, 0.15) is 5.69 Å². The van der Waals surface area contributed by atoms with Crippen molar-refractivity contribution in [1.82, 2.24) is 9.38 Å². The summed E-state index contributed by atoms with van der Waals surface area (Å²) in [6.45, 7) is 0.721. The van der Waals surface area contributed by atoms with Gasteiger partial charge in [-0.25, -0.2) is 4.98 Å². The second-order valence-corrected chi connectivity index (χ2v) is 5.00. The van der Waals surface area contributed by atoms with Crippen molar-refractivity contribution in [2.24, 2.45) is 0 Å². The van der Waals surface area contributed by atoms with Gasteiger partial charge < -0.3 is 14.6 Å². The maximum Gasteiger partial charge on any atom is 0.137 e. The predicted molar refractivity (Wildman–Crippen MR) is 83.3 cm³/mol. The minimum absolute atomic E-state index is 0.721. The average Bonchev–Trinajstić information content (AvgIpc) is 2.88. The molecular weight excluding hydrogens is 248 g/mol. The Morgan fingerprint density at radius 1 is 1.15 bits per heavy atom. The van der Waals surface area contributed by atoms with Gasteiger partial charge in [0.25, 0.3) is 0 Å². The zero-order chi connectivity index (χ0) is 13.9. The quantitative estimate of drug-likeness (QED) is 0.788. The van der Waals surface area contributed by atoms with E-state index < -0.39 is 0 Å². The van der Waals surface area contributed by atoms with Gasteiger partial charge in [0.15, 0.2) is 0 Å². The van der Waals surface area contributed by atoms with Crippen LogP contribution in [-0.4, -0.2) is 23.5 Å². The van der Waals surface area contributed by atoms with Crippen molar-refractivity contribution in [3.63, 3.8) is 0 Å². The van der Waals surface area contributed by atoms with Gasteiger partial charge in [-0.2, -0.15) is 0 Å². The lowest BCUT2D eigenvalue weighted by Gasteiger charge is -2.14. The van der Waals surface area contributed by atoms with Crippen LogP contribution in [0.2, 0.25) is 0 Å². The summed E-state index contributed by atoms with van der Waals surface area (Å²) in [6, 6.07) is 14.4. The molecular formula is C16H18N4. The molecule has 1 N–H and O–H groups in total. The summed E-state index contributed by atoms with van der Waals surface area (Å²) >= 11 is 0. The third-order valence-electron chi connectivity index (χ3n) is 3.25. The van der Waals surface area contributed by atoms with Crippen molar-refractivity contribution in [3.05, 3.63) is 60.6 Å². The first-order valence-corrected chi connectivity index (χ1v) is 6.66. The van der Waals surface area contributed by atoms with Crippen molar-refractivity contribution in [1.29, 1.82) is 0 Å². The summed E-state index contributed by atoms with van der Waals surface area (Å²) < 4.78 is 2.03. The van der Waals surface area contributed by atoms with Crippen LogP contribution in [0, 0.1) is 0 Å². The van der Waals surface area contributed by atoms with E-state index in [1.54, 1.807) is 0 Å². The van der Waals surface area contributed by atoms with Gasteiger partial charge in [0, 0.05) is 37.9 Å². The monoisotopic (exact) mass is 266 g/mol. The van der Waals surface area contributed by atoms with Crippen LogP contribution >= 0.6 is 0 Å². The molecule has 2 aromatic heterocycles. The van der Waals surface area contributed by atoms with Crippen molar-refractivity contribution < 1.29 is 0 Å². The fraction of sp³-hybridized carbons (Fsp3) is 0.188. The van der Waals surface area contributed by atoms with Crippen LogP contribution in [-0.2, 0) is 6.54 Å². The molecule has 2 heterocycles. The average molecular weight is 266 g/mol. The van der Waals surface area contributed by atoms with Crippen LogP contribution < -0.4 is 10.2 Å². The van der Waals surface area contributed by atoms with Crippen LogP contribution in [0.5, 0.6) is 0 Å². The highest BCUT2D eigenvalue weighted by atomic mass is 15.1. The lowest BCUT2D eigenvalue weighted by molar-refractivity contribution is 1.07. The Hall–Kier alpha value is -2.49. The molecule has 20 heavy (non-hydrogen) atoms. The first kappa shape index (κ1) is 12.5. The SMILES string of the molecule is CN(C)c1cccc(NCc2cn3ccccc3n2)c1. The second kappa shape index (κ2) is 5.25. The van der Waals surface area contributed by atoms with E-state index in [1.165, 1.54) is 5.69 Å². The fourth-order valence-electron chi connectivity index (χ4n) is 2.16. The maximum absolute atomic E-state index is 4.58. The maximum atomic E-state index is 4.58. The molecule has 0 saturated carbocycles. The molecule has 0 aliphatic heterocycles. The molecule has 0 unspecified atom stereocenters. The number of anilines is 2. The van der Waals surface area contributed by atoms with E-state index in [-0.39, 0.29) is 0 Å². The molecule has 1 aromatic carbocycles. The fourth-order valence-corrected chi connectivity index (χ4v) is 2.16. The van der Waals surface area contributed by atoms with Gasteiger partial charge in [-0.3, -0.25) is 0 Å². The number of rotatable bonds is 4. The van der Waals surface area contributed by atoms with E-state index in [2.05, 4.69) is 45.7 Å². The smallest absolute Gasteiger partial charge is 0.137 e. The van der Waals surface area contributed by atoms with Gasteiger partial charge in [0.1, 0.15) is 5.65 Å². The Morgan fingerprint density at radius 3 is 2.85 bits per heavy atom. The molecule has 0 aliphatic carbocycles. The lowest BCUT2D eigenvalue weighted by atomic mass is 10.2. The van der Waals surface area contributed by atoms with Gasteiger partial charge in [0.2, 0.25) is 0 Å². The van der Waals surface area contributed by atoms with Crippen molar-refractivity contribution >= 4 is 17.0 Å².